The van der Waals surface area contributed by atoms with Gasteiger partial charge < -0.3 is 4.90 Å². The molecule has 0 heterocycles. The van der Waals surface area contributed by atoms with Gasteiger partial charge >= 0.3 is 0 Å². The van der Waals surface area contributed by atoms with Crippen LogP contribution < -0.4 is 4.90 Å². The Morgan fingerprint density at radius 1 is 0.950 bits per heavy atom. The summed E-state index contributed by atoms with van der Waals surface area (Å²) in [5.41, 5.74) is 1.98. The maximum Gasteiger partial charge on any atom is 0.196 e. The number of sulfone groups is 1. The van der Waals surface area contributed by atoms with Gasteiger partial charge in [-0.25, -0.2) is 8.42 Å². The van der Waals surface area contributed by atoms with Crippen molar-refractivity contribution in [3.8, 4) is 0 Å². The van der Waals surface area contributed by atoms with Crippen molar-refractivity contribution in [2.45, 2.75) is 18.7 Å². The smallest absolute Gasteiger partial charge is 0.196 e. The van der Waals surface area contributed by atoms with E-state index in [4.69, 9.17) is 0 Å². The van der Waals surface area contributed by atoms with Crippen LogP contribution >= 0.6 is 0 Å². The van der Waals surface area contributed by atoms with E-state index < -0.39 is 9.84 Å². The van der Waals surface area contributed by atoms with Gasteiger partial charge in [0, 0.05) is 12.2 Å². The zero-order valence-corrected chi connectivity index (χ0v) is 12.6. The van der Waals surface area contributed by atoms with Gasteiger partial charge in [0.1, 0.15) is 5.88 Å². The largest absolute Gasteiger partial charge is 0.357 e. The lowest BCUT2D eigenvalue weighted by Gasteiger charge is -2.22. The van der Waals surface area contributed by atoms with Gasteiger partial charge in [-0.15, -0.1) is 0 Å². The first-order valence-electron chi connectivity index (χ1n) is 6.62. The Morgan fingerprint density at radius 2 is 1.55 bits per heavy atom. The van der Waals surface area contributed by atoms with Crippen molar-refractivity contribution in [1.29, 1.82) is 0 Å². The first-order chi connectivity index (χ1) is 9.53. The molecule has 0 aliphatic carbocycles. The summed E-state index contributed by atoms with van der Waals surface area (Å²) in [6.45, 7) is 4.55. The second-order valence-electron chi connectivity index (χ2n) is 4.75. The first kappa shape index (κ1) is 14.6. The highest BCUT2D eigenvalue weighted by Gasteiger charge is 2.18. The molecular formula is C16H19NO2S. The molecule has 0 saturated heterocycles. The van der Waals surface area contributed by atoms with Crippen molar-refractivity contribution in [2.24, 2.45) is 0 Å². The third-order valence-corrected chi connectivity index (χ3v) is 4.85. The topological polar surface area (TPSA) is 37.4 Å². The lowest BCUT2D eigenvalue weighted by atomic mass is 10.2. The summed E-state index contributed by atoms with van der Waals surface area (Å²) < 4.78 is 24.9. The molecule has 0 atom stereocenters. The number of anilines is 1. The van der Waals surface area contributed by atoms with Crippen LogP contribution in [0.25, 0.3) is 0 Å². The van der Waals surface area contributed by atoms with E-state index in [0.717, 1.165) is 11.3 Å². The molecule has 2 aromatic rings. The number of nitrogens with zero attached hydrogens (tertiary/aromatic N) is 1. The molecule has 0 aromatic heterocycles. The summed E-state index contributed by atoms with van der Waals surface area (Å²) in [6, 6.07) is 16.6. The molecule has 0 fully saturated rings. The number of hydrogen-bond acceptors (Lipinski definition) is 3. The third-order valence-electron chi connectivity index (χ3n) is 3.21. The zero-order chi connectivity index (χ0) is 14.6. The molecule has 106 valence electrons. The minimum absolute atomic E-state index is 0.00340. The van der Waals surface area contributed by atoms with Gasteiger partial charge in [0.15, 0.2) is 9.84 Å². The standard InChI is InChI=1S/C16H19NO2S/c1-3-17(15-7-5-4-6-8-15)13-20(18,19)16-11-9-14(2)10-12-16/h4-12H,3,13H2,1-2H3. The average molecular weight is 289 g/mol. The number of aryl methyl sites for hydroxylation is 1. The highest BCUT2D eigenvalue weighted by atomic mass is 32.2. The molecule has 2 aromatic carbocycles. The molecule has 4 heteroatoms. The fourth-order valence-corrected chi connectivity index (χ4v) is 3.45. The van der Waals surface area contributed by atoms with Crippen LogP contribution in [-0.2, 0) is 9.84 Å². The molecular weight excluding hydrogens is 270 g/mol. The number of hydrogen-bond donors (Lipinski definition) is 0. The molecule has 0 saturated carbocycles. The van der Waals surface area contributed by atoms with Crippen molar-refractivity contribution in [3.05, 3.63) is 60.2 Å². The maximum atomic E-state index is 12.4. The Balaban J connectivity index is 2.24. The van der Waals surface area contributed by atoms with Crippen LogP contribution in [0.2, 0.25) is 0 Å². The van der Waals surface area contributed by atoms with Crippen molar-refractivity contribution >= 4 is 15.5 Å². The second-order valence-corrected chi connectivity index (χ2v) is 6.71. The van der Waals surface area contributed by atoms with E-state index in [-0.39, 0.29) is 5.88 Å². The fourth-order valence-electron chi connectivity index (χ4n) is 2.01. The quantitative estimate of drug-likeness (QED) is 0.848. The van der Waals surface area contributed by atoms with Gasteiger partial charge in [0.05, 0.1) is 4.90 Å². The summed E-state index contributed by atoms with van der Waals surface area (Å²) in [5, 5.41) is 0. The van der Waals surface area contributed by atoms with E-state index in [0.29, 0.717) is 11.4 Å². The lowest BCUT2D eigenvalue weighted by Crippen LogP contribution is -2.29. The lowest BCUT2D eigenvalue weighted by molar-refractivity contribution is 0.593. The monoisotopic (exact) mass is 289 g/mol. The van der Waals surface area contributed by atoms with Gasteiger partial charge in [0.25, 0.3) is 0 Å². The van der Waals surface area contributed by atoms with Crippen molar-refractivity contribution in [3.63, 3.8) is 0 Å². The van der Waals surface area contributed by atoms with Gasteiger partial charge in [-0.05, 0) is 38.1 Å². The van der Waals surface area contributed by atoms with Crippen LogP contribution in [0.3, 0.4) is 0 Å². The van der Waals surface area contributed by atoms with Crippen LogP contribution in [-0.4, -0.2) is 20.8 Å². The highest BCUT2D eigenvalue weighted by molar-refractivity contribution is 7.91. The normalized spacial score (nSPS) is 11.3. The van der Waals surface area contributed by atoms with Crippen LogP contribution in [0.5, 0.6) is 0 Å². The Morgan fingerprint density at radius 3 is 2.10 bits per heavy atom. The van der Waals surface area contributed by atoms with E-state index >= 15 is 0 Å². The Labute approximate surface area is 120 Å². The fraction of sp³-hybridized carbons (Fsp3) is 0.250. The van der Waals surface area contributed by atoms with E-state index in [1.165, 1.54) is 0 Å². The molecule has 0 N–H and O–H groups in total. The summed E-state index contributed by atoms with van der Waals surface area (Å²) in [7, 11) is -3.31. The SMILES string of the molecule is CCN(CS(=O)(=O)c1ccc(C)cc1)c1ccccc1. The van der Waals surface area contributed by atoms with Crippen molar-refractivity contribution in [1.82, 2.24) is 0 Å². The van der Waals surface area contributed by atoms with Crippen LogP contribution in [0.15, 0.2) is 59.5 Å². The average Bonchev–Trinajstić information content (AvgIpc) is 2.46. The van der Waals surface area contributed by atoms with E-state index in [1.54, 1.807) is 12.1 Å². The van der Waals surface area contributed by atoms with Crippen molar-refractivity contribution < 1.29 is 8.42 Å². The van der Waals surface area contributed by atoms with Crippen molar-refractivity contribution in [2.75, 3.05) is 17.3 Å². The van der Waals surface area contributed by atoms with E-state index in [2.05, 4.69) is 0 Å². The van der Waals surface area contributed by atoms with Crippen LogP contribution in [0, 0.1) is 6.92 Å². The third kappa shape index (κ3) is 3.39. The maximum absolute atomic E-state index is 12.4. The first-order valence-corrected chi connectivity index (χ1v) is 8.27. The molecule has 2 rings (SSSR count). The van der Waals surface area contributed by atoms with Gasteiger partial charge in [-0.2, -0.15) is 0 Å². The van der Waals surface area contributed by atoms with Gasteiger partial charge in [0.2, 0.25) is 0 Å². The molecule has 0 spiro atoms. The summed E-state index contributed by atoms with van der Waals surface area (Å²) in [5.74, 6) is -0.00340. The molecule has 0 bridgehead atoms. The highest BCUT2D eigenvalue weighted by Crippen LogP contribution is 2.18. The van der Waals surface area contributed by atoms with Crippen LogP contribution in [0.1, 0.15) is 12.5 Å². The van der Waals surface area contributed by atoms with E-state index in [9.17, 15) is 8.42 Å². The van der Waals surface area contributed by atoms with Gasteiger partial charge in [-0.1, -0.05) is 35.9 Å². The van der Waals surface area contributed by atoms with E-state index in [1.807, 2.05) is 61.2 Å². The number of benzene rings is 2. The summed E-state index contributed by atoms with van der Waals surface area (Å²) in [4.78, 5) is 2.23. The molecule has 0 aliphatic rings. The second kappa shape index (κ2) is 6.09. The Bertz CT molecular complexity index is 649. The Hall–Kier alpha value is -1.81. The van der Waals surface area contributed by atoms with Crippen LogP contribution in [0.4, 0.5) is 5.69 Å². The summed E-state index contributed by atoms with van der Waals surface area (Å²) in [6.07, 6.45) is 0. The molecule has 0 aliphatic heterocycles. The molecule has 3 nitrogen and oxygen atoms in total. The minimum Gasteiger partial charge on any atom is -0.357 e. The Kier molecular flexibility index (Phi) is 4.45. The summed E-state index contributed by atoms with van der Waals surface area (Å²) >= 11 is 0. The zero-order valence-electron chi connectivity index (χ0n) is 11.8. The number of rotatable bonds is 5. The molecule has 0 unspecified atom stereocenters. The molecule has 0 radical (unpaired) electrons. The molecule has 20 heavy (non-hydrogen) atoms. The minimum atomic E-state index is -3.31. The van der Waals surface area contributed by atoms with Gasteiger partial charge in [-0.3, -0.25) is 0 Å². The predicted molar refractivity (Wildman–Crippen MR) is 82.7 cm³/mol. The number of para-hydroxylation sites is 1. The predicted octanol–water partition coefficient (Wildman–Crippen LogP) is 3.25. The molecule has 0 amide bonds.